The Bertz CT molecular complexity index is 355. The molecule has 108 valence electrons. The first-order chi connectivity index (χ1) is 7.95. The number of nitrogens with two attached hydrogens (primary N) is 1. The third-order valence-electron chi connectivity index (χ3n) is 2.77. The molecule has 1 amide bonds. The van der Waals surface area contributed by atoms with Gasteiger partial charge in [-0.05, 0) is 20.0 Å². The minimum absolute atomic E-state index is 0. The number of nitrogens with one attached hydrogen (secondary N) is 1. The number of carbonyl (C=O) groups is 1. The highest BCUT2D eigenvalue weighted by Crippen LogP contribution is 2.06. The number of amides is 1. The molecule has 0 atom stereocenters. The fraction of sp³-hybridized carbons (Fsp3) is 0.889. The molecule has 7 nitrogen and oxygen atoms in total. The van der Waals surface area contributed by atoms with Crippen molar-refractivity contribution in [3.8, 4) is 0 Å². The Balaban J connectivity index is 0.00000289. The fourth-order valence-corrected chi connectivity index (χ4v) is 2.44. The van der Waals surface area contributed by atoms with Gasteiger partial charge in [-0.3, -0.25) is 4.79 Å². The molecule has 18 heavy (non-hydrogen) atoms. The molecule has 0 spiro atoms. The first kappa shape index (κ1) is 17.6. The summed E-state index contributed by atoms with van der Waals surface area (Å²) in [5, 5.41) is 7.99. The molecular weight excluding hydrogens is 280 g/mol. The summed E-state index contributed by atoms with van der Waals surface area (Å²) in [6.07, 6.45) is 1.29. The molecule has 0 aliphatic carbocycles. The van der Waals surface area contributed by atoms with E-state index in [0.29, 0.717) is 19.5 Å². The molecule has 9 heteroatoms. The van der Waals surface area contributed by atoms with Crippen molar-refractivity contribution in [3.63, 3.8) is 0 Å². The van der Waals surface area contributed by atoms with Gasteiger partial charge in [-0.25, -0.2) is 5.14 Å². The van der Waals surface area contributed by atoms with Crippen molar-refractivity contribution in [2.75, 3.05) is 39.8 Å². The van der Waals surface area contributed by atoms with Crippen molar-refractivity contribution in [2.45, 2.75) is 12.8 Å². The normalized spacial score (nSPS) is 17.3. The van der Waals surface area contributed by atoms with E-state index >= 15 is 0 Å². The average Bonchev–Trinajstić information content (AvgIpc) is 2.28. The lowest BCUT2D eigenvalue weighted by atomic mass is 10.2. The quantitative estimate of drug-likeness (QED) is 0.621. The lowest BCUT2D eigenvalue weighted by Gasteiger charge is -2.33. The summed E-state index contributed by atoms with van der Waals surface area (Å²) in [5.74, 6) is 0.0781. The van der Waals surface area contributed by atoms with Crippen LogP contribution in [-0.2, 0) is 15.0 Å². The topological polar surface area (TPSA) is 95.7 Å². The number of nitrogens with zero attached hydrogens (tertiary/aromatic N) is 2. The maximum absolute atomic E-state index is 11.7. The molecule has 0 unspecified atom stereocenters. The molecule has 0 radical (unpaired) electrons. The molecule has 3 N–H and O–H groups in total. The van der Waals surface area contributed by atoms with Crippen molar-refractivity contribution < 1.29 is 13.2 Å². The molecule has 0 bridgehead atoms. The number of halogens is 1. The van der Waals surface area contributed by atoms with Crippen LogP contribution in [0, 0.1) is 0 Å². The second kappa shape index (κ2) is 7.90. The molecule has 1 saturated heterocycles. The second-order valence-electron chi connectivity index (χ2n) is 4.03. The molecule has 0 aromatic heterocycles. The first-order valence-corrected chi connectivity index (χ1v) is 7.15. The molecule has 1 aliphatic heterocycles. The average molecular weight is 301 g/mol. The SMILES string of the molecule is CNCCCC(=O)N1CCN(S(N)(=O)=O)CC1.Cl. The van der Waals surface area contributed by atoms with Crippen molar-refractivity contribution in [3.05, 3.63) is 0 Å². The summed E-state index contributed by atoms with van der Waals surface area (Å²) < 4.78 is 23.3. The molecule has 1 rings (SSSR count). The fourth-order valence-electron chi connectivity index (χ4n) is 1.77. The second-order valence-corrected chi connectivity index (χ2v) is 5.58. The highest BCUT2D eigenvalue weighted by Gasteiger charge is 2.25. The minimum atomic E-state index is -3.61. The Morgan fingerprint density at radius 2 is 1.83 bits per heavy atom. The van der Waals surface area contributed by atoms with Gasteiger partial charge < -0.3 is 10.2 Å². The van der Waals surface area contributed by atoms with E-state index in [1.54, 1.807) is 4.90 Å². The van der Waals surface area contributed by atoms with Crippen molar-refractivity contribution in [1.82, 2.24) is 14.5 Å². The van der Waals surface area contributed by atoms with Crippen LogP contribution in [0.1, 0.15) is 12.8 Å². The summed E-state index contributed by atoms with van der Waals surface area (Å²) in [5.41, 5.74) is 0. The molecule has 1 aliphatic rings. The Labute approximate surface area is 114 Å². The van der Waals surface area contributed by atoms with Gasteiger partial charge in [0.1, 0.15) is 0 Å². The van der Waals surface area contributed by atoms with Gasteiger partial charge in [-0.2, -0.15) is 12.7 Å². The van der Waals surface area contributed by atoms with E-state index in [1.807, 2.05) is 7.05 Å². The Morgan fingerprint density at radius 3 is 2.28 bits per heavy atom. The van der Waals surface area contributed by atoms with Gasteiger partial charge in [-0.1, -0.05) is 0 Å². The van der Waals surface area contributed by atoms with E-state index in [1.165, 1.54) is 4.31 Å². The lowest BCUT2D eigenvalue weighted by molar-refractivity contribution is -0.132. The third kappa shape index (κ3) is 5.49. The van der Waals surface area contributed by atoms with Crippen LogP contribution >= 0.6 is 12.4 Å². The summed E-state index contributed by atoms with van der Waals surface area (Å²) in [6.45, 7) is 2.24. The summed E-state index contributed by atoms with van der Waals surface area (Å²) in [6, 6.07) is 0. The molecule has 0 saturated carbocycles. The van der Waals surface area contributed by atoms with Crippen molar-refractivity contribution in [2.24, 2.45) is 5.14 Å². The lowest BCUT2D eigenvalue weighted by Crippen LogP contribution is -2.52. The van der Waals surface area contributed by atoms with Gasteiger partial charge in [0.15, 0.2) is 0 Å². The van der Waals surface area contributed by atoms with E-state index in [0.717, 1.165) is 13.0 Å². The van der Waals surface area contributed by atoms with Crippen LogP contribution in [0.5, 0.6) is 0 Å². The van der Waals surface area contributed by atoms with E-state index in [2.05, 4.69) is 5.32 Å². The summed E-state index contributed by atoms with van der Waals surface area (Å²) in [4.78, 5) is 13.4. The predicted molar refractivity (Wildman–Crippen MR) is 71.7 cm³/mol. The van der Waals surface area contributed by atoms with Gasteiger partial charge in [0, 0.05) is 32.6 Å². The first-order valence-electron chi connectivity index (χ1n) is 5.65. The molecule has 0 aromatic rings. The van der Waals surface area contributed by atoms with Gasteiger partial charge in [0.2, 0.25) is 5.91 Å². The number of piperazine rings is 1. The third-order valence-corrected chi connectivity index (χ3v) is 3.85. The molecular formula is C9H21ClN4O3S. The van der Waals surface area contributed by atoms with Crippen LogP contribution in [0.25, 0.3) is 0 Å². The van der Waals surface area contributed by atoms with Crippen LogP contribution in [0.15, 0.2) is 0 Å². The van der Waals surface area contributed by atoms with E-state index in [-0.39, 0.29) is 31.4 Å². The zero-order chi connectivity index (χ0) is 12.9. The largest absolute Gasteiger partial charge is 0.340 e. The van der Waals surface area contributed by atoms with Gasteiger partial charge in [0.25, 0.3) is 10.2 Å². The van der Waals surface area contributed by atoms with Gasteiger partial charge in [0.05, 0.1) is 0 Å². The maximum Gasteiger partial charge on any atom is 0.277 e. The van der Waals surface area contributed by atoms with Crippen molar-refractivity contribution in [1.29, 1.82) is 0 Å². The number of rotatable bonds is 5. The van der Waals surface area contributed by atoms with Crippen molar-refractivity contribution >= 4 is 28.5 Å². The van der Waals surface area contributed by atoms with Gasteiger partial charge in [-0.15, -0.1) is 12.4 Å². The van der Waals surface area contributed by atoms with Crippen LogP contribution in [0.2, 0.25) is 0 Å². The number of hydrogen-bond acceptors (Lipinski definition) is 4. The highest BCUT2D eigenvalue weighted by molar-refractivity contribution is 7.86. The zero-order valence-corrected chi connectivity index (χ0v) is 12.1. The smallest absolute Gasteiger partial charge is 0.277 e. The summed E-state index contributed by atoms with van der Waals surface area (Å²) >= 11 is 0. The highest BCUT2D eigenvalue weighted by atomic mass is 35.5. The van der Waals surface area contributed by atoms with Crippen LogP contribution in [-0.4, -0.2) is 63.3 Å². The number of hydrogen-bond donors (Lipinski definition) is 2. The molecule has 1 fully saturated rings. The number of carbonyl (C=O) groups excluding carboxylic acids is 1. The minimum Gasteiger partial charge on any atom is -0.340 e. The zero-order valence-electron chi connectivity index (χ0n) is 10.5. The Morgan fingerprint density at radius 1 is 1.28 bits per heavy atom. The van der Waals surface area contributed by atoms with Crippen LogP contribution in [0.3, 0.4) is 0 Å². The Hall–Kier alpha value is -0.410. The maximum atomic E-state index is 11.7. The monoisotopic (exact) mass is 300 g/mol. The predicted octanol–water partition coefficient (Wildman–Crippen LogP) is -1.24. The van der Waals surface area contributed by atoms with E-state index in [4.69, 9.17) is 5.14 Å². The van der Waals surface area contributed by atoms with E-state index in [9.17, 15) is 13.2 Å². The van der Waals surface area contributed by atoms with Gasteiger partial charge >= 0.3 is 0 Å². The molecule has 0 aromatic carbocycles. The van der Waals surface area contributed by atoms with E-state index < -0.39 is 10.2 Å². The molecule has 1 heterocycles. The van der Waals surface area contributed by atoms with Crippen LogP contribution in [0.4, 0.5) is 0 Å². The summed E-state index contributed by atoms with van der Waals surface area (Å²) in [7, 11) is -1.77. The Kier molecular flexibility index (Phi) is 7.72. The standard InChI is InChI=1S/C9H20N4O3S.ClH/c1-11-4-2-3-9(14)12-5-7-13(8-6-12)17(10,15)16;/h11H,2-8H2,1H3,(H2,10,15,16);1H. The van der Waals surface area contributed by atoms with Crippen LogP contribution < -0.4 is 10.5 Å².